The van der Waals surface area contributed by atoms with E-state index in [1.807, 2.05) is 0 Å². The van der Waals surface area contributed by atoms with Crippen LogP contribution in [-0.4, -0.2) is 87.2 Å². The molecule has 2 aliphatic heterocycles. The van der Waals surface area contributed by atoms with Gasteiger partial charge >= 0.3 is 0 Å². The van der Waals surface area contributed by atoms with Gasteiger partial charge in [0.15, 0.2) is 0 Å². The van der Waals surface area contributed by atoms with Crippen LogP contribution in [0.3, 0.4) is 0 Å². The molecule has 2 aliphatic rings. The summed E-state index contributed by atoms with van der Waals surface area (Å²) in [6, 6.07) is 0.682. The van der Waals surface area contributed by atoms with Gasteiger partial charge in [-0.05, 0) is 52.9 Å². The first-order valence-corrected chi connectivity index (χ1v) is 7.98. The molecule has 0 radical (unpaired) electrons. The van der Waals surface area contributed by atoms with E-state index in [9.17, 15) is 0 Å². The third kappa shape index (κ3) is 5.03. The van der Waals surface area contributed by atoms with Gasteiger partial charge in [-0.3, -0.25) is 4.90 Å². The van der Waals surface area contributed by atoms with Gasteiger partial charge in [0, 0.05) is 45.3 Å². The smallest absolute Gasteiger partial charge is 0.0110 e. The summed E-state index contributed by atoms with van der Waals surface area (Å²) in [6.07, 6.45) is 2.72. The van der Waals surface area contributed by atoms with Gasteiger partial charge in [-0.2, -0.15) is 0 Å². The summed E-state index contributed by atoms with van der Waals surface area (Å²) in [6.45, 7) is 12.2. The Bertz CT molecular complexity index is 243. The van der Waals surface area contributed by atoms with E-state index in [0.717, 1.165) is 12.5 Å². The lowest BCUT2D eigenvalue weighted by atomic mass is 9.90. The molecule has 0 amide bonds. The Morgan fingerprint density at radius 1 is 0.947 bits per heavy atom. The van der Waals surface area contributed by atoms with E-state index in [4.69, 9.17) is 0 Å². The first kappa shape index (κ1) is 15.2. The highest BCUT2D eigenvalue weighted by Crippen LogP contribution is 2.19. The number of piperidine rings is 1. The predicted molar refractivity (Wildman–Crippen MR) is 81.6 cm³/mol. The molecule has 1 unspecified atom stereocenters. The van der Waals surface area contributed by atoms with Crippen molar-refractivity contribution in [2.24, 2.45) is 5.92 Å². The maximum atomic E-state index is 3.75. The maximum Gasteiger partial charge on any atom is 0.0110 e. The molecule has 112 valence electrons. The summed E-state index contributed by atoms with van der Waals surface area (Å²) in [5.41, 5.74) is 0. The highest BCUT2D eigenvalue weighted by Gasteiger charge is 2.22. The third-order valence-corrected chi connectivity index (χ3v) is 4.96. The van der Waals surface area contributed by atoms with E-state index < -0.39 is 0 Å². The van der Waals surface area contributed by atoms with Gasteiger partial charge in [0.25, 0.3) is 0 Å². The minimum Gasteiger partial charge on any atom is -0.313 e. The van der Waals surface area contributed by atoms with Gasteiger partial charge in [-0.25, -0.2) is 0 Å². The maximum absolute atomic E-state index is 3.75. The van der Waals surface area contributed by atoms with E-state index in [1.165, 1.54) is 58.7 Å². The first-order valence-electron chi connectivity index (χ1n) is 7.98. The molecular weight excluding hydrogens is 236 g/mol. The van der Waals surface area contributed by atoms with Crippen molar-refractivity contribution in [3.05, 3.63) is 0 Å². The molecule has 2 rings (SSSR count). The monoisotopic (exact) mass is 268 g/mol. The van der Waals surface area contributed by atoms with Crippen LogP contribution in [0.1, 0.15) is 19.8 Å². The summed E-state index contributed by atoms with van der Waals surface area (Å²) in [5, 5.41) is 3.75. The molecule has 2 saturated heterocycles. The fourth-order valence-electron chi connectivity index (χ4n) is 3.22. The van der Waals surface area contributed by atoms with Crippen molar-refractivity contribution in [1.29, 1.82) is 0 Å². The second-order valence-electron chi connectivity index (χ2n) is 6.53. The summed E-state index contributed by atoms with van der Waals surface area (Å²) in [7, 11) is 4.46. The summed E-state index contributed by atoms with van der Waals surface area (Å²) in [5.74, 6) is 0.878. The molecule has 0 aromatic rings. The van der Waals surface area contributed by atoms with Crippen molar-refractivity contribution in [2.75, 3.05) is 66.5 Å². The van der Waals surface area contributed by atoms with Crippen molar-refractivity contribution in [3.63, 3.8) is 0 Å². The molecule has 4 heteroatoms. The predicted octanol–water partition coefficient (Wildman–Crippen LogP) is 0.554. The molecule has 0 spiro atoms. The molecule has 1 atom stereocenters. The van der Waals surface area contributed by atoms with Crippen LogP contribution < -0.4 is 5.32 Å². The second kappa shape index (κ2) is 7.58. The first-order chi connectivity index (χ1) is 9.15. The van der Waals surface area contributed by atoms with Crippen molar-refractivity contribution >= 4 is 0 Å². The average molecular weight is 268 g/mol. The van der Waals surface area contributed by atoms with Crippen molar-refractivity contribution in [1.82, 2.24) is 20.0 Å². The Kier molecular flexibility index (Phi) is 6.07. The molecule has 19 heavy (non-hydrogen) atoms. The van der Waals surface area contributed by atoms with Gasteiger partial charge in [0.1, 0.15) is 0 Å². The zero-order valence-corrected chi connectivity index (χ0v) is 13.1. The molecule has 0 aromatic carbocycles. The van der Waals surface area contributed by atoms with Crippen LogP contribution >= 0.6 is 0 Å². The molecule has 1 N–H and O–H groups in total. The molecule has 0 aliphatic carbocycles. The molecule has 0 aromatic heterocycles. The van der Waals surface area contributed by atoms with Gasteiger partial charge in [-0.1, -0.05) is 0 Å². The summed E-state index contributed by atoms with van der Waals surface area (Å²) >= 11 is 0. The fraction of sp³-hybridized carbons (Fsp3) is 1.00. The standard InChI is InChI=1S/C15H32N4/c1-14(15-4-7-17(2)8-5-15)16-6-9-19-12-10-18(3)11-13-19/h14-16H,4-13H2,1-3H3. The Balaban J connectivity index is 1.57. The van der Waals surface area contributed by atoms with Gasteiger partial charge in [0.05, 0.1) is 0 Å². The fourth-order valence-corrected chi connectivity index (χ4v) is 3.22. The zero-order valence-electron chi connectivity index (χ0n) is 13.1. The minimum atomic E-state index is 0.682. The molecule has 0 bridgehead atoms. The number of nitrogens with zero attached hydrogens (tertiary/aromatic N) is 3. The lowest BCUT2D eigenvalue weighted by molar-refractivity contribution is 0.148. The molecule has 4 nitrogen and oxygen atoms in total. The Labute approximate surface area is 119 Å². The highest BCUT2D eigenvalue weighted by atomic mass is 15.2. The van der Waals surface area contributed by atoms with Gasteiger partial charge in [-0.15, -0.1) is 0 Å². The number of likely N-dealkylation sites (N-methyl/N-ethyl adjacent to an activating group) is 1. The van der Waals surface area contributed by atoms with E-state index in [2.05, 4.69) is 41.0 Å². The number of piperazine rings is 1. The topological polar surface area (TPSA) is 21.8 Å². The van der Waals surface area contributed by atoms with Crippen LogP contribution in [0.2, 0.25) is 0 Å². The third-order valence-electron chi connectivity index (χ3n) is 4.96. The number of hydrogen-bond acceptors (Lipinski definition) is 4. The lowest BCUT2D eigenvalue weighted by Crippen LogP contribution is -2.48. The minimum absolute atomic E-state index is 0.682. The molecule has 2 heterocycles. The van der Waals surface area contributed by atoms with Crippen LogP contribution in [0, 0.1) is 5.92 Å². The van der Waals surface area contributed by atoms with Crippen LogP contribution in [0.4, 0.5) is 0 Å². The van der Waals surface area contributed by atoms with Crippen LogP contribution in [0.5, 0.6) is 0 Å². The van der Waals surface area contributed by atoms with Crippen LogP contribution in [-0.2, 0) is 0 Å². The van der Waals surface area contributed by atoms with Crippen molar-refractivity contribution in [3.8, 4) is 0 Å². The summed E-state index contributed by atoms with van der Waals surface area (Å²) < 4.78 is 0. The van der Waals surface area contributed by atoms with Crippen LogP contribution in [0.25, 0.3) is 0 Å². The zero-order chi connectivity index (χ0) is 13.7. The largest absolute Gasteiger partial charge is 0.313 e. The van der Waals surface area contributed by atoms with Crippen LogP contribution in [0.15, 0.2) is 0 Å². The van der Waals surface area contributed by atoms with E-state index in [0.29, 0.717) is 6.04 Å². The normalized spacial score (nSPS) is 26.7. The van der Waals surface area contributed by atoms with Gasteiger partial charge < -0.3 is 15.1 Å². The Morgan fingerprint density at radius 3 is 2.16 bits per heavy atom. The lowest BCUT2D eigenvalue weighted by Gasteiger charge is -2.35. The van der Waals surface area contributed by atoms with Crippen molar-refractivity contribution < 1.29 is 0 Å². The average Bonchev–Trinajstić information content (AvgIpc) is 2.41. The quantitative estimate of drug-likeness (QED) is 0.786. The highest BCUT2D eigenvalue weighted by molar-refractivity contribution is 4.79. The molecular formula is C15H32N4. The second-order valence-corrected chi connectivity index (χ2v) is 6.53. The molecule has 2 fully saturated rings. The molecule has 0 saturated carbocycles. The number of rotatable bonds is 5. The van der Waals surface area contributed by atoms with E-state index in [-0.39, 0.29) is 0 Å². The number of nitrogens with one attached hydrogen (secondary N) is 1. The van der Waals surface area contributed by atoms with E-state index >= 15 is 0 Å². The SMILES string of the molecule is CC(NCCN1CCN(C)CC1)C1CCN(C)CC1. The number of likely N-dealkylation sites (tertiary alicyclic amines) is 1. The summed E-state index contributed by atoms with van der Waals surface area (Å²) in [4.78, 5) is 7.47. The Hall–Kier alpha value is -0.160. The van der Waals surface area contributed by atoms with Gasteiger partial charge in [0.2, 0.25) is 0 Å². The Morgan fingerprint density at radius 2 is 1.53 bits per heavy atom. The van der Waals surface area contributed by atoms with E-state index in [1.54, 1.807) is 0 Å². The van der Waals surface area contributed by atoms with Crippen molar-refractivity contribution in [2.45, 2.75) is 25.8 Å². The number of hydrogen-bond donors (Lipinski definition) is 1.